The van der Waals surface area contributed by atoms with Gasteiger partial charge >= 0.3 is 6.09 Å². The minimum absolute atomic E-state index is 0.248. The van der Waals surface area contributed by atoms with Crippen LogP contribution in [0, 0.1) is 0 Å². The molecule has 2 amide bonds. The molecule has 2 aromatic heterocycles. The van der Waals surface area contributed by atoms with Crippen LogP contribution in [0.3, 0.4) is 0 Å². The van der Waals surface area contributed by atoms with E-state index < -0.39 is 23.6 Å². The Labute approximate surface area is 186 Å². The predicted octanol–water partition coefficient (Wildman–Crippen LogP) is 3.55. The second-order valence-corrected chi connectivity index (χ2v) is 8.13. The number of ether oxygens (including phenoxy) is 2. The summed E-state index contributed by atoms with van der Waals surface area (Å²) in [6, 6.07) is 12.0. The van der Waals surface area contributed by atoms with Gasteiger partial charge in [0.05, 0.1) is 12.8 Å². The lowest BCUT2D eigenvalue weighted by Crippen LogP contribution is -2.47. The molecule has 0 fully saturated rings. The molecular formula is C23H27N5O4. The molecule has 0 radical (unpaired) electrons. The van der Waals surface area contributed by atoms with Crippen LogP contribution >= 0.6 is 0 Å². The maximum absolute atomic E-state index is 13.2. The summed E-state index contributed by atoms with van der Waals surface area (Å²) in [5.74, 6) is -0.182. The summed E-state index contributed by atoms with van der Waals surface area (Å²) < 4.78 is 10.6. The zero-order valence-electron chi connectivity index (χ0n) is 18.5. The molecule has 32 heavy (non-hydrogen) atoms. The van der Waals surface area contributed by atoms with Gasteiger partial charge in [-0.25, -0.2) is 9.78 Å². The zero-order chi connectivity index (χ0) is 23.1. The number of rotatable bonds is 7. The molecule has 0 aliphatic carbocycles. The number of nitrogens with one attached hydrogen (secondary N) is 3. The van der Waals surface area contributed by atoms with Crippen LogP contribution in [0.1, 0.15) is 26.3 Å². The first kappa shape index (κ1) is 22.8. The fourth-order valence-electron chi connectivity index (χ4n) is 3.00. The average molecular weight is 438 g/mol. The molecule has 2 heterocycles. The third-order valence-electron chi connectivity index (χ3n) is 4.40. The van der Waals surface area contributed by atoms with E-state index in [4.69, 9.17) is 9.47 Å². The highest BCUT2D eigenvalue weighted by Crippen LogP contribution is 2.27. The van der Waals surface area contributed by atoms with Crippen LogP contribution in [-0.4, -0.2) is 45.9 Å². The van der Waals surface area contributed by atoms with E-state index in [1.807, 2.05) is 30.3 Å². The molecule has 0 aliphatic rings. The molecule has 0 aliphatic heterocycles. The molecular weight excluding hydrogens is 410 g/mol. The number of pyridine rings is 1. The minimum Gasteiger partial charge on any atom is -0.480 e. The Balaban J connectivity index is 1.83. The van der Waals surface area contributed by atoms with E-state index in [9.17, 15) is 9.59 Å². The Kier molecular flexibility index (Phi) is 7.09. The number of anilines is 1. The number of aromatic amines is 1. The number of hydrogen-bond acceptors (Lipinski definition) is 6. The summed E-state index contributed by atoms with van der Waals surface area (Å²) >= 11 is 0. The second-order valence-electron chi connectivity index (χ2n) is 8.13. The topological polar surface area (TPSA) is 118 Å². The molecule has 0 saturated carbocycles. The summed E-state index contributed by atoms with van der Waals surface area (Å²) in [5.41, 5.74) is 2.03. The third-order valence-corrected chi connectivity index (χ3v) is 4.40. The summed E-state index contributed by atoms with van der Waals surface area (Å²) in [6.07, 6.45) is 2.84. The lowest BCUT2D eigenvalue weighted by atomic mass is 10.1. The SMILES string of the molecule is COc1ncc(-c2ccn[nH]2)cc1NC(=O)[C@H](Cc1ccccc1)NC(=O)OC(C)(C)C. The standard InChI is InChI=1S/C23H27N5O4/c1-23(2,3)32-22(30)27-18(12-15-8-6-5-7-9-15)20(29)26-19-13-16(14-24-21(19)31-4)17-10-11-25-28-17/h5-11,13-14,18H,12H2,1-4H3,(H,25,28)(H,26,29)(H,27,30)/t18-/m0/s1. The van der Waals surface area contributed by atoms with Gasteiger partial charge in [-0.1, -0.05) is 30.3 Å². The number of benzene rings is 1. The molecule has 1 atom stereocenters. The zero-order valence-corrected chi connectivity index (χ0v) is 18.5. The van der Waals surface area contributed by atoms with E-state index in [1.165, 1.54) is 7.11 Å². The van der Waals surface area contributed by atoms with Crippen molar-refractivity contribution in [1.82, 2.24) is 20.5 Å². The minimum atomic E-state index is -0.882. The number of H-pyrrole nitrogens is 1. The normalized spacial score (nSPS) is 12.0. The van der Waals surface area contributed by atoms with Crippen LogP contribution in [-0.2, 0) is 16.0 Å². The maximum atomic E-state index is 13.2. The Morgan fingerprint density at radius 3 is 2.53 bits per heavy atom. The highest BCUT2D eigenvalue weighted by atomic mass is 16.6. The van der Waals surface area contributed by atoms with Gasteiger partial charge in [0.2, 0.25) is 11.8 Å². The average Bonchev–Trinajstić information content (AvgIpc) is 3.27. The van der Waals surface area contributed by atoms with Crippen LogP contribution in [0.4, 0.5) is 10.5 Å². The van der Waals surface area contributed by atoms with Crippen molar-refractivity contribution in [2.24, 2.45) is 0 Å². The van der Waals surface area contributed by atoms with Crippen molar-refractivity contribution in [2.75, 3.05) is 12.4 Å². The molecule has 3 aromatic rings. The Hall–Kier alpha value is -3.88. The van der Waals surface area contributed by atoms with Crippen LogP contribution in [0.5, 0.6) is 5.88 Å². The Morgan fingerprint density at radius 2 is 1.91 bits per heavy atom. The molecule has 9 heteroatoms. The number of nitrogens with zero attached hydrogens (tertiary/aromatic N) is 2. The van der Waals surface area contributed by atoms with Crippen molar-refractivity contribution in [3.63, 3.8) is 0 Å². The van der Waals surface area contributed by atoms with Crippen molar-refractivity contribution in [1.29, 1.82) is 0 Å². The van der Waals surface area contributed by atoms with E-state index in [0.29, 0.717) is 5.69 Å². The summed E-state index contributed by atoms with van der Waals surface area (Å²) in [7, 11) is 1.47. The van der Waals surface area contributed by atoms with Crippen LogP contribution < -0.4 is 15.4 Å². The van der Waals surface area contributed by atoms with Crippen LogP contribution in [0.2, 0.25) is 0 Å². The first-order valence-corrected chi connectivity index (χ1v) is 10.1. The smallest absolute Gasteiger partial charge is 0.408 e. The molecule has 0 bridgehead atoms. The van der Waals surface area contributed by atoms with E-state index in [0.717, 1.165) is 16.8 Å². The van der Waals surface area contributed by atoms with Gasteiger partial charge in [-0.3, -0.25) is 9.89 Å². The first-order chi connectivity index (χ1) is 15.2. The molecule has 168 valence electrons. The van der Waals surface area contributed by atoms with Gasteiger partial charge in [-0.15, -0.1) is 0 Å². The largest absolute Gasteiger partial charge is 0.480 e. The van der Waals surface area contributed by atoms with Gasteiger partial charge < -0.3 is 20.1 Å². The van der Waals surface area contributed by atoms with E-state index in [2.05, 4.69) is 25.8 Å². The number of methoxy groups -OCH3 is 1. The molecule has 9 nitrogen and oxygen atoms in total. The number of amides is 2. The molecule has 0 saturated heterocycles. The van der Waals surface area contributed by atoms with Crippen LogP contribution in [0.25, 0.3) is 11.3 Å². The summed E-state index contributed by atoms with van der Waals surface area (Å²) in [4.78, 5) is 29.8. The van der Waals surface area contributed by atoms with Crippen molar-refractivity contribution >= 4 is 17.7 Å². The van der Waals surface area contributed by atoms with Crippen molar-refractivity contribution in [3.05, 3.63) is 60.4 Å². The lowest BCUT2D eigenvalue weighted by Gasteiger charge is -2.23. The maximum Gasteiger partial charge on any atom is 0.408 e. The third kappa shape index (κ3) is 6.31. The van der Waals surface area contributed by atoms with E-state index in [1.54, 1.807) is 45.3 Å². The number of aromatic nitrogens is 3. The lowest BCUT2D eigenvalue weighted by molar-refractivity contribution is -0.118. The fourth-order valence-corrected chi connectivity index (χ4v) is 3.00. The molecule has 1 aromatic carbocycles. The van der Waals surface area contributed by atoms with Gasteiger partial charge in [0.25, 0.3) is 0 Å². The Morgan fingerprint density at radius 1 is 1.16 bits per heavy atom. The number of hydrogen-bond donors (Lipinski definition) is 3. The molecule has 3 N–H and O–H groups in total. The molecule has 3 rings (SSSR count). The van der Waals surface area contributed by atoms with Crippen molar-refractivity contribution in [3.8, 4) is 17.1 Å². The highest BCUT2D eigenvalue weighted by Gasteiger charge is 2.26. The van der Waals surface area contributed by atoms with E-state index in [-0.39, 0.29) is 12.3 Å². The van der Waals surface area contributed by atoms with Gasteiger partial charge in [0.1, 0.15) is 17.3 Å². The number of carbonyl (C=O) groups excluding carboxylic acids is 2. The fraction of sp³-hybridized carbons (Fsp3) is 0.304. The van der Waals surface area contributed by atoms with Crippen LogP contribution in [0.15, 0.2) is 54.9 Å². The summed E-state index contributed by atoms with van der Waals surface area (Å²) in [5, 5.41) is 12.3. The first-order valence-electron chi connectivity index (χ1n) is 10.1. The van der Waals surface area contributed by atoms with Gasteiger partial charge in [0, 0.05) is 24.4 Å². The van der Waals surface area contributed by atoms with Gasteiger partial charge in [0.15, 0.2) is 0 Å². The number of carbonyl (C=O) groups is 2. The molecule has 0 unspecified atom stereocenters. The summed E-state index contributed by atoms with van der Waals surface area (Å²) in [6.45, 7) is 5.28. The van der Waals surface area contributed by atoms with Crippen molar-refractivity contribution in [2.45, 2.75) is 38.8 Å². The monoisotopic (exact) mass is 437 g/mol. The highest BCUT2D eigenvalue weighted by molar-refractivity contribution is 5.98. The molecule has 0 spiro atoms. The Bertz CT molecular complexity index is 1050. The van der Waals surface area contributed by atoms with Gasteiger partial charge in [-0.05, 0) is 38.5 Å². The van der Waals surface area contributed by atoms with E-state index >= 15 is 0 Å². The second kappa shape index (κ2) is 9.95. The number of alkyl carbamates (subject to hydrolysis) is 1. The van der Waals surface area contributed by atoms with Gasteiger partial charge in [-0.2, -0.15) is 5.10 Å². The quantitative estimate of drug-likeness (QED) is 0.520. The predicted molar refractivity (Wildman–Crippen MR) is 120 cm³/mol. The van der Waals surface area contributed by atoms with Crippen molar-refractivity contribution < 1.29 is 19.1 Å².